The number of nitrogens with two attached hydrogens (primary N) is 1. The van der Waals surface area contributed by atoms with E-state index in [1.54, 1.807) is 6.20 Å². The molecule has 20 heavy (non-hydrogen) atoms. The Morgan fingerprint density at radius 1 is 1.20 bits per heavy atom. The van der Waals surface area contributed by atoms with Gasteiger partial charge in [-0.25, -0.2) is 0 Å². The summed E-state index contributed by atoms with van der Waals surface area (Å²) in [5.74, 6) is 0. The Kier molecular flexibility index (Phi) is 3.26. The van der Waals surface area contributed by atoms with Crippen molar-refractivity contribution in [1.82, 2.24) is 14.8 Å². The fourth-order valence-electron chi connectivity index (χ4n) is 2.20. The van der Waals surface area contributed by atoms with E-state index in [2.05, 4.69) is 10.1 Å². The van der Waals surface area contributed by atoms with Crippen molar-refractivity contribution >= 4 is 10.9 Å². The number of pyridine rings is 1. The molecule has 0 fully saturated rings. The number of aromatic nitrogens is 3. The van der Waals surface area contributed by atoms with Crippen LogP contribution in [0.4, 0.5) is 0 Å². The van der Waals surface area contributed by atoms with Crippen LogP contribution in [0.5, 0.6) is 0 Å². The first-order valence-electron chi connectivity index (χ1n) is 6.36. The van der Waals surface area contributed by atoms with Crippen molar-refractivity contribution in [1.29, 1.82) is 0 Å². The van der Waals surface area contributed by atoms with Gasteiger partial charge in [-0.3, -0.25) is 14.5 Å². The first-order valence-corrected chi connectivity index (χ1v) is 6.36. The van der Waals surface area contributed by atoms with Crippen molar-refractivity contribution in [3.63, 3.8) is 0 Å². The lowest BCUT2D eigenvalue weighted by Gasteiger charge is -2.09. The molecule has 3 rings (SSSR count). The maximum atomic E-state index is 11.8. The molecule has 1 aromatic carbocycles. The number of hydrogen-bond acceptors (Lipinski definition) is 4. The summed E-state index contributed by atoms with van der Waals surface area (Å²) in [6.07, 6.45) is 3.09. The molecule has 0 amide bonds. The second-order valence-corrected chi connectivity index (χ2v) is 4.54. The third-order valence-electron chi connectivity index (χ3n) is 3.18. The summed E-state index contributed by atoms with van der Waals surface area (Å²) >= 11 is 0. The number of rotatable bonds is 3. The van der Waals surface area contributed by atoms with Crippen molar-refractivity contribution < 1.29 is 0 Å². The molecule has 2 aromatic heterocycles. The molecule has 0 radical (unpaired) electrons. The van der Waals surface area contributed by atoms with Crippen LogP contribution in [-0.4, -0.2) is 14.8 Å². The lowest BCUT2D eigenvalue weighted by Crippen LogP contribution is -2.13. The predicted molar refractivity (Wildman–Crippen MR) is 77.2 cm³/mol. The summed E-state index contributed by atoms with van der Waals surface area (Å²) in [4.78, 5) is 16.0. The molecule has 0 aliphatic rings. The molecule has 2 heterocycles. The van der Waals surface area contributed by atoms with Gasteiger partial charge >= 0.3 is 0 Å². The zero-order valence-electron chi connectivity index (χ0n) is 10.9. The van der Waals surface area contributed by atoms with Crippen LogP contribution in [0.1, 0.15) is 11.3 Å². The standard InChI is InChI=1S/C15H14N4O/c16-8-12-7-11(5-6-17-12)10-19-14-4-2-1-3-13(14)15(20)9-18-19/h1-7,9H,8,10,16H2. The van der Waals surface area contributed by atoms with E-state index >= 15 is 0 Å². The van der Waals surface area contributed by atoms with Crippen LogP contribution in [0.3, 0.4) is 0 Å². The molecule has 2 N–H and O–H groups in total. The topological polar surface area (TPSA) is 73.8 Å². The van der Waals surface area contributed by atoms with Gasteiger partial charge < -0.3 is 5.73 Å². The molecular weight excluding hydrogens is 252 g/mol. The number of fused-ring (bicyclic) bond motifs is 1. The summed E-state index contributed by atoms with van der Waals surface area (Å²) in [6.45, 7) is 0.989. The Bertz CT molecular complexity index is 810. The first-order chi connectivity index (χ1) is 9.78. The Morgan fingerprint density at radius 2 is 2.05 bits per heavy atom. The number of hydrogen-bond donors (Lipinski definition) is 1. The molecule has 0 unspecified atom stereocenters. The molecule has 5 nitrogen and oxygen atoms in total. The zero-order valence-corrected chi connectivity index (χ0v) is 10.9. The van der Waals surface area contributed by atoms with E-state index in [4.69, 9.17) is 5.73 Å². The van der Waals surface area contributed by atoms with Crippen molar-refractivity contribution in [2.45, 2.75) is 13.1 Å². The average molecular weight is 266 g/mol. The highest BCUT2D eigenvalue weighted by molar-refractivity contribution is 5.77. The molecule has 0 aliphatic heterocycles. The van der Waals surface area contributed by atoms with Gasteiger partial charge in [-0.15, -0.1) is 0 Å². The fraction of sp³-hybridized carbons (Fsp3) is 0.133. The first kappa shape index (κ1) is 12.5. The second-order valence-electron chi connectivity index (χ2n) is 4.54. The summed E-state index contributed by atoms with van der Waals surface area (Å²) in [5.41, 5.74) is 8.26. The van der Waals surface area contributed by atoms with E-state index in [0.717, 1.165) is 16.8 Å². The summed E-state index contributed by atoms with van der Waals surface area (Å²) in [7, 11) is 0. The van der Waals surface area contributed by atoms with Gasteiger partial charge in [-0.2, -0.15) is 5.10 Å². The quantitative estimate of drug-likeness (QED) is 0.775. The number of benzene rings is 1. The highest BCUT2D eigenvalue weighted by atomic mass is 16.1. The smallest absolute Gasteiger partial charge is 0.207 e. The molecule has 0 bridgehead atoms. The molecular formula is C15H14N4O. The van der Waals surface area contributed by atoms with Gasteiger partial charge in [-0.05, 0) is 29.8 Å². The van der Waals surface area contributed by atoms with Gasteiger partial charge in [0.2, 0.25) is 5.43 Å². The van der Waals surface area contributed by atoms with Gasteiger partial charge in [0.1, 0.15) is 0 Å². The van der Waals surface area contributed by atoms with Gasteiger partial charge in [-0.1, -0.05) is 12.1 Å². The van der Waals surface area contributed by atoms with E-state index in [9.17, 15) is 4.79 Å². The summed E-state index contributed by atoms with van der Waals surface area (Å²) in [6, 6.07) is 11.3. The molecule has 0 atom stereocenters. The van der Waals surface area contributed by atoms with Crippen LogP contribution in [-0.2, 0) is 13.1 Å². The largest absolute Gasteiger partial charge is 0.325 e. The van der Waals surface area contributed by atoms with Gasteiger partial charge in [0.25, 0.3) is 0 Å². The highest BCUT2D eigenvalue weighted by Gasteiger charge is 2.04. The predicted octanol–water partition coefficient (Wildman–Crippen LogP) is 1.30. The summed E-state index contributed by atoms with van der Waals surface area (Å²) in [5, 5.41) is 4.89. The Labute approximate surface area is 115 Å². The van der Waals surface area contributed by atoms with Crippen molar-refractivity contribution in [3.05, 3.63) is 70.3 Å². The molecule has 0 aliphatic carbocycles. The molecule has 0 spiro atoms. The van der Waals surface area contributed by atoms with Crippen LogP contribution in [0.25, 0.3) is 10.9 Å². The van der Waals surface area contributed by atoms with Crippen LogP contribution in [0, 0.1) is 0 Å². The third kappa shape index (κ3) is 2.31. The van der Waals surface area contributed by atoms with Crippen LogP contribution in [0.2, 0.25) is 0 Å². The van der Waals surface area contributed by atoms with Crippen LogP contribution in [0.15, 0.2) is 53.6 Å². The van der Waals surface area contributed by atoms with Crippen molar-refractivity contribution in [2.75, 3.05) is 0 Å². The Balaban J connectivity index is 2.07. The van der Waals surface area contributed by atoms with E-state index < -0.39 is 0 Å². The SMILES string of the molecule is NCc1cc(Cn2ncc(=O)c3ccccc32)ccn1. The minimum absolute atomic E-state index is 0.0609. The highest BCUT2D eigenvalue weighted by Crippen LogP contribution is 2.11. The fourth-order valence-corrected chi connectivity index (χ4v) is 2.20. The maximum Gasteiger partial charge on any atom is 0.207 e. The van der Waals surface area contributed by atoms with Crippen LogP contribution < -0.4 is 11.2 Å². The Morgan fingerprint density at radius 3 is 2.90 bits per heavy atom. The lowest BCUT2D eigenvalue weighted by atomic mass is 10.2. The van der Waals surface area contributed by atoms with Gasteiger partial charge in [0, 0.05) is 18.1 Å². The van der Waals surface area contributed by atoms with E-state index in [0.29, 0.717) is 18.5 Å². The van der Waals surface area contributed by atoms with E-state index in [-0.39, 0.29) is 5.43 Å². The normalized spacial score (nSPS) is 10.8. The monoisotopic (exact) mass is 266 g/mol. The van der Waals surface area contributed by atoms with E-state index in [1.165, 1.54) is 6.20 Å². The van der Waals surface area contributed by atoms with Crippen molar-refractivity contribution in [3.8, 4) is 0 Å². The minimum Gasteiger partial charge on any atom is -0.325 e. The van der Waals surface area contributed by atoms with Crippen molar-refractivity contribution in [2.24, 2.45) is 5.73 Å². The molecule has 100 valence electrons. The zero-order chi connectivity index (χ0) is 13.9. The molecule has 0 saturated carbocycles. The average Bonchev–Trinajstić information content (AvgIpc) is 2.51. The van der Waals surface area contributed by atoms with Crippen LogP contribution >= 0.6 is 0 Å². The lowest BCUT2D eigenvalue weighted by molar-refractivity contribution is 0.692. The molecule has 5 heteroatoms. The number of nitrogens with zero attached hydrogens (tertiary/aromatic N) is 3. The van der Waals surface area contributed by atoms with E-state index in [1.807, 2.05) is 41.1 Å². The van der Waals surface area contributed by atoms with Gasteiger partial charge in [0.15, 0.2) is 0 Å². The van der Waals surface area contributed by atoms with Gasteiger partial charge in [0.05, 0.1) is 24.0 Å². The minimum atomic E-state index is -0.0609. The summed E-state index contributed by atoms with van der Waals surface area (Å²) < 4.78 is 1.81. The maximum absolute atomic E-state index is 11.8. The Hall–Kier alpha value is -2.53. The number of para-hydroxylation sites is 1. The molecule has 3 aromatic rings. The second kappa shape index (κ2) is 5.22. The third-order valence-corrected chi connectivity index (χ3v) is 3.18. The molecule has 0 saturated heterocycles.